The number of benzene rings is 1. The molecule has 1 aromatic carbocycles. The minimum Gasteiger partial charge on any atom is -0.396 e. The Labute approximate surface area is 176 Å². The molecule has 0 spiro atoms. The Hall–Kier alpha value is -2.06. The average molecular weight is 431 g/mol. The normalized spacial score (nSPS) is 13.2. The van der Waals surface area contributed by atoms with E-state index in [0.717, 1.165) is 38.2 Å². The topological polar surface area (TPSA) is 61.8 Å². The summed E-state index contributed by atoms with van der Waals surface area (Å²) in [6.07, 6.45) is 0.662. The van der Waals surface area contributed by atoms with Crippen LogP contribution in [0.25, 0.3) is 5.57 Å². The number of halogens is 3. The summed E-state index contributed by atoms with van der Waals surface area (Å²) in [5, 5.41) is 11.2. The summed E-state index contributed by atoms with van der Waals surface area (Å²) in [6.45, 7) is 6.53. The summed E-state index contributed by atoms with van der Waals surface area (Å²) < 4.78 is 46.6. The number of nitrogens with one attached hydrogen (secondary N) is 1. The zero-order valence-electron chi connectivity index (χ0n) is 18.0. The van der Waals surface area contributed by atoms with Crippen LogP contribution in [0.3, 0.4) is 0 Å². The standard InChI is InChI=1S/C22H33F3N2O3/c1-4-6-12-27(17(3)30-14-9-7-8-13-28)18-10-11-21(26-16-29)19(15-18)20(5-2)22(23,24)25/h5,10-11,15-17,28H,4,6-9,12-14H2,1-3H3,(H,26,29)/b20-5+. The van der Waals surface area contributed by atoms with Crippen molar-refractivity contribution in [3.8, 4) is 0 Å². The van der Waals surface area contributed by atoms with Gasteiger partial charge in [-0.1, -0.05) is 19.4 Å². The molecule has 1 aromatic rings. The molecule has 1 unspecified atom stereocenters. The Bertz CT molecular complexity index is 678. The molecule has 0 bridgehead atoms. The van der Waals surface area contributed by atoms with Gasteiger partial charge < -0.3 is 20.1 Å². The molecule has 0 saturated heterocycles. The van der Waals surface area contributed by atoms with Gasteiger partial charge in [0.05, 0.1) is 5.57 Å². The lowest BCUT2D eigenvalue weighted by Crippen LogP contribution is -2.36. The third-order valence-electron chi connectivity index (χ3n) is 4.79. The molecule has 0 fully saturated rings. The van der Waals surface area contributed by atoms with Crippen molar-refractivity contribution < 1.29 is 27.8 Å². The highest BCUT2D eigenvalue weighted by molar-refractivity contribution is 5.86. The van der Waals surface area contributed by atoms with E-state index in [0.29, 0.717) is 25.2 Å². The number of carbonyl (C=O) groups is 1. The maximum Gasteiger partial charge on any atom is 0.416 e. The molecule has 8 heteroatoms. The fraction of sp³-hybridized carbons (Fsp3) is 0.591. The van der Waals surface area contributed by atoms with Crippen molar-refractivity contribution in [3.63, 3.8) is 0 Å². The zero-order chi connectivity index (χ0) is 22.6. The van der Waals surface area contributed by atoms with Crippen LogP contribution in [0.5, 0.6) is 0 Å². The molecule has 0 aliphatic heterocycles. The lowest BCUT2D eigenvalue weighted by Gasteiger charge is -2.32. The van der Waals surface area contributed by atoms with Crippen LogP contribution < -0.4 is 10.2 Å². The molecule has 0 aliphatic rings. The number of amides is 1. The number of anilines is 2. The van der Waals surface area contributed by atoms with Gasteiger partial charge in [0, 0.05) is 36.7 Å². The van der Waals surface area contributed by atoms with E-state index >= 15 is 0 Å². The minimum absolute atomic E-state index is 0.0776. The molecule has 1 amide bonds. The Morgan fingerprint density at radius 1 is 1.27 bits per heavy atom. The van der Waals surface area contributed by atoms with Crippen LogP contribution in [0.2, 0.25) is 0 Å². The molecule has 0 aliphatic carbocycles. The van der Waals surface area contributed by atoms with Gasteiger partial charge in [0.1, 0.15) is 6.23 Å². The second-order valence-electron chi connectivity index (χ2n) is 6.99. The maximum absolute atomic E-state index is 13.5. The molecule has 1 rings (SSSR count). The minimum atomic E-state index is -4.55. The molecule has 5 nitrogen and oxygen atoms in total. The van der Waals surface area contributed by atoms with Gasteiger partial charge >= 0.3 is 6.18 Å². The van der Waals surface area contributed by atoms with Crippen molar-refractivity contribution in [3.05, 3.63) is 29.8 Å². The summed E-state index contributed by atoms with van der Waals surface area (Å²) in [7, 11) is 0. The number of carbonyl (C=O) groups excluding carboxylic acids is 1. The second kappa shape index (κ2) is 13.3. The predicted octanol–water partition coefficient (Wildman–Crippen LogP) is 5.35. The van der Waals surface area contributed by atoms with E-state index in [-0.39, 0.29) is 24.1 Å². The number of hydrogen-bond acceptors (Lipinski definition) is 4. The highest BCUT2D eigenvalue weighted by Gasteiger charge is 2.35. The van der Waals surface area contributed by atoms with Gasteiger partial charge in [-0.15, -0.1) is 0 Å². The first kappa shape index (κ1) is 26.0. The van der Waals surface area contributed by atoms with E-state index in [2.05, 4.69) is 5.32 Å². The number of hydrogen-bond donors (Lipinski definition) is 2. The van der Waals surface area contributed by atoms with Gasteiger partial charge in [-0.3, -0.25) is 4.79 Å². The smallest absolute Gasteiger partial charge is 0.396 e. The molecule has 0 radical (unpaired) electrons. The fourth-order valence-electron chi connectivity index (χ4n) is 3.18. The second-order valence-corrected chi connectivity index (χ2v) is 6.99. The van der Waals surface area contributed by atoms with Gasteiger partial charge in [0.25, 0.3) is 0 Å². The highest BCUT2D eigenvalue weighted by atomic mass is 19.4. The van der Waals surface area contributed by atoms with Crippen molar-refractivity contribution in [1.82, 2.24) is 0 Å². The maximum atomic E-state index is 13.5. The molecule has 2 N–H and O–H groups in total. The van der Waals surface area contributed by atoms with Crippen molar-refractivity contribution in [2.24, 2.45) is 0 Å². The Kier molecular flexibility index (Phi) is 11.5. The molecule has 0 heterocycles. The summed E-state index contributed by atoms with van der Waals surface area (Å²) in [5.74, 6) is 0. The average Bonchev–Trinajstić information content (AvgIpc) is 2.69. The fourth-order valence-corrected chi connectivity index (χ4v) is 3.18. The third kappa shape index (κ3) is 7.99. The first-order valence-corrected chi connectivity index (χ1v) is 10.4. The molecular formula is C22H33F3N2O3. The summed E-state index contributed by atoms with van der Waals surface area (Å²) >= 11 is 0. The van der Waals surface area contributed by atoms with E-state index < -0.39 is 11.7 Å². The molecule has 0 saturated carbocycles. The predicted molar refractivity (Wildman–Crippen MR) is 114 cm³/mol. The Morgan fingerprint density at radius 3 is 2.57 bits per heavy atom. The number of rotatable bonds is 14. The van der Waals surface area contributed by atoms with Gasteiger partial charge in [0.2, 0.25) is 6.41 Å². The van der Waals surface area contributed by atoms with Crippen LogP contribution in [0.1, 0.15) is 58.4 Å². The largest absolute Gasteiger partial charge is 0.416 e. The van der Waals surface area contributed by atoms with Crippen LogP contribution >= 0.6 is 0 Å². The van der Waals surface area contributed by atoms with E-state index in [4.69, 9.17) is 9.84 Å². The lowest BCUT2D eigenvalue weighted by atomic mass is 10.0. The summed E-state index contributed by atoms with van der Waals surface area (Å²) in [5.41, 5.74) is -0.179. The molecule has 170 valence electrons. The number of ether oxygens (including phenoxy) is 1. The number of aliphatic hydroxyl groups excluding tert-OH is 1. The number of nitrogens with zero attached hydrogens (tertiary/aromatic N) is 1. The van der Waals surface area contributed by atoms with Crippen LogP contribution in [0.4, 0.5) is 24.5 Å². The van der Waals surface area contributed by atoms with Crippen LogP contribution in [-0.2, 0) is 9.53 Å². The SMILES string of the molecule is C/C=C(\c1cc(N(CCCC)C(C)OCCCCCO)ccc1NC=O)C(F)(F)F. The first-order chi connectivity index (χ1) is 14.3. The monoisotopic (exact) mass is 430 g/mol. The summed E-state index contributed by atoms with van der Waals surface area (Å²) in [6, 6.07) is 4.64. The van der Waals surface area contributed by atoms with Gasteiger partial charge in [-0.25, -0.2) is 0 Å². The van der Waals surface area contributed by atoms with Crippen molar-refractivity contribution >= 4 is 23.4 Å². The van der Waals surface area contributed by atoms with E-state index in [9.17, 15) is 18.0 Å². The molecule has 1 atom stereocenters. The zero-order valence-corrected chi connectivity index (χ0v) is 18.0. The quantitative estimate of drug-likeness (QED) is 0.237. The number of unbranched alkanes of at least 4 members (excludes halogenated alkanes) is 3. The Morgan fingerprint density at radius 2 is 2.00 bits per heavy atom. The van der Waals surface area contributed by atoms with Crippen LogP contribution in [-0.4, -0.2) is 43.7 Å². The van der Waals surface area contributed by atoms with Gasteiger partial charge in [-0.2, -0.15) is 13.2 Å². The van der Waals surface area contributed by atoms with E-state index in [1.807, 2.05) is 18.7 Å². The lowest BCUT2D eigenvalue weighted by molar-refractivity contribution is -0.105. The van der Waals surface area contributed by atoms with Crippen LogP contribution in [0, 0.1) is 0 Å². The number of aliphatic hydroxyl groups is 1. The van der Waals surface area contributed by atoms with Crippen molar-refractivity contribution in [1.29, 1.82) is 0 Å². The van der Waals surface area contributed by atoms with E-state index in [1.54, 1.807) is 6.07 Å². The molecule has 30 heavy (non-hydrogen) atoms. The van der Waals surface area contributed by atoms with Gasteiger partial charge in [0.15, 0.2) is 0 Å². The Balaban J connectivity index is 3.20. The van der Waals surface area contributed by atoms with Gasteiger partial charge in [-0.05, 0) is 57.7 Å². The van der Waals surface area contributed by atoms with Crippen molar-refractivity contribution in [2.75, 3.05) is 30.0 Å². The summed E-state index contributed by atoms with van der Waals surface area (Å²) in [4.78, 5) is 12.8. The van der Waals surface area contributed by atoms with Crippen LogP contribution in [0.15, 0.2) is 24.3 Å². The van der Waals surface area contributed by atoms with Crippen molar-refractivity contribution in [2.45, 2.75) is 65.3 Å². The number of alkyl halides is 3. The van der Waals surface area contributed by atoms with E-state index in [1.165, 1.54) is 19.1 Å². The highest BCUT2D eigenvalue weighted by Crippen LogP contribution is 2.39. The molecule has 0 aromatic heterocycles. The third-order valence-corrected chi connectivity index (χ3v) is 4.79. The number of allylic oxidation sites excluding steroid dienone is 2. The first-order valence-electron chi connectivity index (χ1n) is 10.4. The molecular weight excluding hydrogens is 397 g/mol.